The molecule has 1 saturated heterocycles. The lowest BCUT2D eigenvalue weighted by molar-refractivity contribution is -0.348. The quantitative estimate of drug-likeness (QED) is 0.277. The van der Waals surface area contributed by atoms with E-state index in [-0.39, 0.29) is 41.3 Å². The summed E-state index contributed by atoms with van der Waals surface area (Å²) in [5.74, 6) is -2.85. The zero-order valence-corrected chi connectivity index (χ0v) is 22.3. The molecule has 43 heavy (non-hydrogen) atoms. The first-order chi connectivity index (χ1) is 19.9. The van der Waals surface area contributed by atoms with Crippen molar-refractivity contribution < 1.29 is 58.2 Å². The maximum Gasteiger partial charge on any atom is 0.435 e. The second-order valence-corrected chi connectivity index (χ2v) is 12.4. The molecule has 228 valence electrons. The minimum Gasteiger partial charge on any atom is -0.478 e. The lowest BCUT2D eigenvalue weighted by Gasteiger charge is -2.33. The van der Waals surface area contributed by atoms with Crippen LogP contribution in [0.25, 0.3) is 0 Å². The van der Waals surface area contributed by atoms with Crippen molar-refractivity contribution in [3.8, 4) is 0 Å². The molecule has 1 amide bonds. The highest BCUT2D eigenvalue weighted by Crippen LogP contribution is 2.57. The van der Waals surface area contributed by atoms with Gasteiger partial charge in [-0.3, -0.25) is 4.79 Å². The molecule has 5 rings (SSSR count). The molecule has 2 aliphatic rings. The number of sulfone groups is 1. The highest BCUT2D eigenvalue weighted by Gasteiger charge is 2.74. The van der Waals surface area contributed by atoms with Gasteiger partial charge in [-0.05, 0) is 72.5 Å². The molecule has 1 aliphatic carbocycles. The molecule has 6 nitrogen and oxygen atoms in total. The molecular formula is C28H19F8NO5S. The molecule has 3 aromatic carbocycles. The molecule has 1 fully saturated rings. The predicted octanol–water partition coefficient (Wildman–Crippen LogP) is 5.95. The molecule has 2 atom stereocenters. The summed E-state index contributed by atoms with van der Waals surface area (Å²) in [4.78, 5) is 25.4. The molecular weight excluding hydrogens is 614 g/mol. The van der Waals surface area contributed by atoms with Crippen molar-refractivity contribution in [3.63, 3.8) is 0 Å². The number of halogens is 8. The molecule has 15 heteroatoms. The first kappa shape index (κ1) is 30.4. The molecule has 1 heterocycles. The average Bonchev–Trinajstić information content (AvgIpc) is 3.47. The predicted molar refractivity (Wildman–Crippen MR) is 133 cm³/mol. The Hall–Kier alpha value is -4.01. The van der Waals surface area contributed by atoms with Crippen molar-refractivity contribution >= 4 is 21.7 Å². The maximum absolute atomic E-state index is 14.9. The van der Waals surface area contributed by atoms with E-state index in [9.17, 15) is 53.1 Å². The van der Waals surface area contributed by atoms with Gasteiger partial charge < -0.3 is 10.0 Å². The number of carboxylic acid groups (broad SMARTS) is 1. The topological polar surface area (TPSA) is 91.8 Å². The summed E-state index contributed by atoms with van der Waals surface area (Å²) in [5, 5.41) is 9.13. The molecule has 0 saturated carbocycles. The van der Waals surface area contributed by atoms with Gasteiger partial charge in [0, 0.05) is 17.7 Å². The van der Waals surface area contributed by atoms with Crippen LogP contribution in [-0.2, 0) is 26.7 Å². The molecule has 0 bridgehead atoms. The van der Waals surface area contributed by atoms with Crippen LogP contribution >= 0.6 is 0 Å². The van der Waals surface area contributed by atoms with Crippen LogP contribution in [0.2, 0.25) is 0 Å². The smallest absolute Gasteiger partial charge is 0.435 e. The first-order valence-corrected chi connectivity index (χ1v) is 14.0. The number of nitrogens with zero attached hydrogens (tertiary/aromatic N) is 1. The number of hydrogen-bond donors (Lipinski definition) is 1. The Morgan fingerprint density at radius 1 is 0.837 bits per heavy atom. The molecule has 0 aromatic heterocycles. The Morgan fingerprint density at radius 3 is 1.93 bits per heavy atom. The highest BCUT2D eigenvalue weighted by molar-refractivity contribution is 7.92. The Morgan fingerprint density at radius 2 is 1.40 bits per heavy atom. The van der Waals surface area contributed by atoms with Crippen LogP contribution in [-0.4, -0.2) is 55.2 Å². The monoisotopic (exact) mass is 633 g/mol. The number of carboxylic acids is 1. The van der Waals surface area contributed by atoms with E-state index in [1.807, 2.05) is 0 Å². The van der Waals surface area contributed by atoms with E-state index >= 15 is 0 Å². The third kappa shape index (κ3) is 4.38. The number of hydrogen-bond acceptors (Lipinski definition) is 4. The number of aromatic carboxylic acids is 1. The van der Waals surface area contributed by atoms with Gasteiger partial charge in [-0.2, -0.15) is 26.3 Å². The molecule has 0 spiro atoms. The van der Waals surface area contributed by atoms with Crippen molar-refractivity contribution in [2.24, 2.45) is 0 Å². The Labute approximate surface area is 238 Å². The van der Waals surface area contributed by atoms with Crippen LogP contribution in [0, 0.1) is 5.82 Å². The molecule has 3 aromatic rings. The van der Waals surface area contributed by atoms with E-state index in [0.717, 1.165) is 41.3 Å². The van der Waals surface area contributed by atoms with Crippen LogP contribution in [0.1, 0.15) is 43.8 Å². The fraction of sp³-hybridized carbons (Fsp3) is 0.286. The van der Waals surface area contributed by atoms with Crippen molar-refractivity contribution in [2.75, 3.05) is 6.54 Å². The minimum atomic E-state index is -6.41. The lowest BCUT2D eigenvalue weighted by atomic mass is 9.90. The zero-order valence-electron chi connectivity index (χ0n) is 21.5. The number of fused-ring (bicyclic) bond motifs is 3. The number of amides is 1. The van der Waals surface area contributed by atoms with Crippen LogP contribution in [0.3, 0.4) is 0 Å². The van der Waals surface area contributed by atoms with E-state index in [0.29, 0.717) is 12.1 Å². The SMILES string of the molecule is O=C(O)c1ccc(C(=O)N2CCC3(S(=O)(=O)c4ccc(F)cc4)c4ccc(C(F)(C(F)(F)F)C(F)(F)F)cc4CC23)cc1. The number of benzene rings is 3. The van der Waals surface area contributed by atoms with E-state index in [1.165, 1.54) is 12.1 Å². The van der Waals surface area contributed by atoms with Gasteiger partial charge in [0.2, 0.25) is 0 Å². The minimum absolute atomic E-state index is 0.0615. The van der Waals surface area contributed by atoms with Gasteiger partial charge in [0.05, 0.1) is 16.5 Å². The van der Waals surface area contributed by atoms with Crippen LogP contribution in [0.5, 0.6) is 0 Å². The average molecular weight is 634 g/mol. The van der Waals surface area contributed by atoms with Gasteiger partial charge in [-0.1, -0.05) is 18.2 Å². The summed E-state index contributed by atoms with van der Waals surface area (Å²) >= 11 is 0. The largest absolute Gasteiger partial charge is 0.478 e. The third-order valence-electron chi connectivity index (χ3n) is 8.04. The fourth-order valence-corrected chi connectivity index (χ4v) is 8.31. The van der Waals surface area contributed by atoms with E-state index in [4.69, 9.17) is 5.11 Å². The maximum atomic E-state index is 14.9. The molecule has 2 unspecified atom stereocenters. The van der Waals surface area contributed by atoms with E-state index in [1.54, 1.807) is 0 Å². The number of rotatable bonds is 5. The fourth-order valence-electron chi connectivity index (χ4n) is 5.98. The van der Waals surface area contributed by atoms with Gasteiger partial charge in [0.25, 0.3) is 5.91 Å². The van der Waals surface area contributed by atoms with Crippen LogP contribution in [0.4, 0.5) is 35.1 Å². The Bertz CT molecular complexity index is 1710. The normalized spacial score (nSPS) is 20.6. The second kappa shape index (κ2) is 9.76. The molecule has 0 radical (unpaired) electrons. The molecule has 1 N–H and O–H groups in total. The van der Waals surface area contributed by atoms with Crippen molar-refractivity contribution in [1.82, 2.24) is 4.90 Å². The second-order valence-electron chi connectivity index (χ2n) is 10.2. The number of carbonyl (C=O) groups is 2. The summed E-state index contributed by atoms with van der Waals surface area (Å²) in [5.41, 5.74) is -8.35. The summed E-state index contributed by atoms with van der Waals surface area (Å²) in [6.45, 7) is -0.218. The summed E-state index contributed by atoms with van der Waals surface area (Å²) in [7, 11) is -4.62. The first-order valence-electron chi connectivity index (χ1n) is 12.5. The highest BCUT2D eigenvalue weighted by atomic mass is 32.2. The number of carbonyl (C=O) groups excluding carboxylic acids is 1. The van der Waals surface area contributed by atoms with Gasteiger partial charge >= 0.3 is 24.0 Å². The standard InChI is InChI=1S/C28H19F8NO5S/c29-19-6-8-20(9-7-19)43(41,42)25-11-12-37(23(38)15-1-3-16(4-2-15)24(39)40)22(25)14-17-13-18(5-10-21(17)25)26(30,27(31,32)33)28(34,35)36/h1-10,13,22H,11-12,14H2,(H,39,40). The van der Waals surface area contributed by atoms with E-state index in [2.05, 4.69) is 0 Å². The van der Waals surface area contributed by atoms with Crippen molar-refractivity contribution in [3.05, 3.63) is 100 Å². The Kier molecular flexibility index (Phi) is 6.91. The van der Waals surface area contributed by atoms with Crippen molar-refractivity contribution in [1.29, 1.82) is 0 Å². The molecule has 1 aliphatic heterocycles. The summed E-state index contributed by atoms with van der Waals surface area (Å²) in [6.07, 6.45) is -13.7. The third-order valence-corrected chi connectivity index (χ3v) is 10.6. The van der Waals surface area contributed by atoms with Gasteiger partial charge in [-0.25, -0.2) is 22.0 Å². The van der Waals surface area contributed by atoms with Gasteiger partial charge in [0.15, 0.2) is 9.84 Å². The zero-order chi connectivity index (χ0) is 31.8. The Balaban J connectivity index is 1.67. The van der Waals surface area contributed by atoms with Gasteiger partial charge in [-0.15, -0.1) is 0 Å². The lowest BCUT2D eigenvalue weighted by Crippen LogP contribution is -2.50. The van der Waals surface area contributed by atoms with Crippen LogP contribution in [0.15, 0.2) is 71.6 Å². The number of likely N-dealkylation sites (tertiary alicyclic amines) is 1. The van der Waals surface area contributed by atoms with Crippen LogP contribution < -0.4 is 0 Å². The van der Waals surface area contributed by atoms with E-state index < -0.39 is 73.2 Å². The summed E-state index contributed by atoms with van der Waals surface area (Å²) in [6, 6.07) is 8.06. The summed E-state index contributed by atoms with van der Waals surface area (Å²) < 4.78 is 136. The van der Waals surface area contributed by atoms with Gasteiger partial charge in [0.1, 0.15) is 10.6 Å². The van der Waals surface area contributed by atoms with Crippen molar-refractivity contribution in [2.45, 2.75) is 46.5 Å². The number of alkyl halides is 7.